The summed E-state index contributed by atoms with van der Waals surface area (Å²) in [4.78, 5) is 16.2. The first-order chi connectivity index (χ1) is 11.2. The van der Waals surface area contributed by atoms with Crippen LogP contribution in [0.5, 0.6) is 0 Å². The second-order valence-corrected chi connectivity index (χ2v) is 6.20. The van der Waals surface area contributed by atoms with Crippen molar-refractivity contribution in [2.24, 2.45) is 0 Å². The van der Waals surface area contributed by atoms with E-state index in [1.807, 2.05) is 51.9 Å². The van der Waals surface area contributed by atoms with Crippen LogP contribution in [-0.2, 0) is 14.3 Å². The zero-order chi connectivity index (χ0) is 16.4. The zero-order valence-corrected chi connectivity index (χ0v) is 14.2. The summed E-state index contributed by atoms with van der Waals surface area (Å²) in [6.07, 6.45) is 4.98. The summed E-state index contributed by atoms with van der Waals surface area (Å²) in [6.45, 7) is 0. The van der Waals surface area contributed by atoms with E-state index < -0.39 is 5.97 Å². The Hall–Kier alpha value is -2.05. The SMILES string of the molecule is COC=C(C(=O)OC)C1N2C=CSC2=CN1c1ccc(Cl)cc1. The van der Waals surface area contributed by atoms with Crippen molar-refractivity contribution in [3.8, 4) is 0 Å². The predicted octanol–water partition coefficient (Wildman–Crippen LogP) is 3.51. The van der Waals surface area contributed by atoms with Gasteiger partial charge in [-0.3, -0.25) is 0 Å². The van der Waals surface area contributed by atoms with E-state index in [-0.39, 0.29) is 6.17 Å². The summed E-state index contributed by atoms with van der Waals surface area (Å²) in [5.74, 6) is -0.434. The van der Waals surface area contributed by atoms with Gasteiger partial charge < -0.3 is 19.3 Å². The molecule has 2 heterocycles. The molecule has 0 spiro atoms. The van der Waals surface area contributed by atoms with E-state index in [0.717, 1.165) is 10.7 Å². The van der Waals surface area contributed by atoms with Crippen molar-refractivity contribution in [3.63, 3.8) is 0 Å². The first-order valence-corrected chi connectivity index (χ1v) is 8.10. The third-order valence-corrected chi connectivity index (χ3v) is 4.58. The first-order valence-electron chi connectivity index (χ1n) is 6.84. The lowest BCUT2D eigenvalue weighted by molar-refractivity contribution is -0.136. The van der Waals surface area contributed by atoms with E-state index in [9.17, 15) is 4.79 Å². The van der Waals surface area contributed by atoms with Crippen LogP contribution in [-0.4, -0.2) is 31.3 Å². The van der Waals surface area contributed by atoms with E-state index in [0.29, 0.717) is 10.6 Å². The number of nitrogens with zero attached hydrogens (tertiary/aromatic N) is 2. The maximum Gasteiger partial charge on any atom is 0.340 e. The van der Waals surface area contributed by atoms with Gasteiger partial charge in [-0.2, -0.15) is 0 Å². The molecule has 23 heavy (non-hydrogen) atoms. The highest BCUT2D eigenvalue weighted by Crippen LogP contribution is 2.42. The van der Waals surface area contributed by atoms with Crippen LogP contribution in [0.25, 0.3) is 0 Å². The number of methoxy groups -OCH3 is 2. The minimum Gasteiger partial charge on any atom is -0.504 e. The van der Waals surface area contributed by atoms with Crippen LogP contribution in [0.4, 0.5) is 5.69 Å². The third kappa shape index (κ3) is 2.92. The number of carbonyl (C=O) groups is 1. The largest absolute Gasteiger partial charge is 0.504 e. The number of hydrogen-bond acceptors (Lipinski definition) is 6. The first kappa shape index (κ1) is 15.8. The van der Waals surface area contributed by atoms with Crippen molar-refractivity contribution in [3.05, 3.63) is 64.0 Å². The summed E-state index contributed by atoms with van der Waals surface area (Å²) < 4.78 is 10.0. The Bertz CT molecular complexity index is 700. The number of ether oxygens (including phenoxy) is 2. The molecule has 7 heteroatoms. The molecule has 0 saturated heterocycles. The van der Waals surface area contributed by atoms with Gasteiger partial charge in [0.05, 0.1) is 25.5 Å². The van der Waals surface area contributed by atoms with Gasteiger partial charge in [-0.25, -0.2) is 4.79 Å². The highest BCUT2D eigenvalue weighted by atomic mass is 35.5. The molecule has 2 aliphatic heterocycles. The van der Waals surface area contributed by atoms with Crippen molar-refractivity contribution in [1.82, 2.24) is 4.90 Å². The number of rotatable bonds is 4. The Kier molecular flexibility index (Phi) is 4.54. The normalized spacial score (nSPS) is 19.7. The van der Waals surface area contributed by atoms with Crippen LogP contribution in [0.1, 0.15) is 0 Å². The molecule has 1 aromatic rings. The minimum atomic E-state index is -0.434. The van der Waals surface area contributed by atoms with Crippen molar-refractivity contribution < 1.29 is 14.3 Å². The Balaban J connectivity index is 2.03. The minimum absolute atomic E-state index is 0.371. The molecule has 2 aliphatic rings. The van der Waals surface area contributed by atoms with Gasteiger partial charge in [0.2, 0.25) is 0 Å². The Morgan fingerprint density at radius 2 is 2.00 bits per heavy atom. The number of halogens is 1. The van der Waals surface area contributed by atoms with E-state index in [1.54, 1.807) is 11.8 Å². The van der Waals surface area contributed by atoms with Gasteiger partial charge in [0, 0.05) is 23.1 Å². The molecule has 0 radical (unpaired) electrons. The van der Waals surface area contributed by atoms with Crippen LogP contribution < -0.4 is 4.90 Å². The number of carbonyl (C=O) groups excluding carboxylic acids is 1. The molecular formula is C16H15ClN2O3S. The lowest BCUT2D eigenvalue weighted by Crippen LogP contribution is -2.40. The van der Waals surface area contributed by atoms with Gasteiger partial charge >= 0.3 is 5.97 Å². The van der Waals surface area contributed by atoms with Crippen molar-refractivity contribution in [2.75, 3.05) is 19.1 Å². The van der Waals surface area contributed by atoms with Crippen LogP contribution in [0.15, 0.2) is 58.9 Å². The van der Waals surface area contributed by atoms with Crippen LogP contribution in [0, 0.1) is 0 Å². The number of esters is 1. The zero-order valence-electron chi connectivity index (χ0n) is 12.6. The van der Waals surface area contributed by atoms with E-state index >= 15 is 0 Å². The molecule has 120 valence electrons. The number of fused-ring (bicyclic) bond motifs is 1. The van der Waals surface area contributed by atoms with Crippen molar-refractivity contribution in [2.45, 2.75) is 6.17 Å². The molecule has 0 saturated carbocycles. The molecule has 0 bridgehead atoms. The van der Waals surface area contributed by atoms with E-state index in [1.165, 1.54) is 20.5 Å². The molecule has 1 atom stereocenters. The van der Waals surface area contributed by atoms with Gasteiger partial charge in [0.25, 0.3) is 0 Å². The average Bonchev–Trinajstić information content (AvgIpc) is 3.14. The number of thioether (sulfide) groups is 1. The molecule has 1 unspecified atom stereocenters. The molecule has 0 amide bonds. The van der Waals surface area contributed by atoms with Crippen molar-refractivity contribution in [1.29, 1.82) is 0 Å². The lowest BCUT2D eigenvalue weighted by Gasteiger charge is -2.31. The number of hydrogen-bond donors (Lipinski definition) is 0. The fourth-order valence-corrected chi connectivity index (χ4v) is 3.42. The Labute approximate surface area is 143 Å². The highest BCUT2D eigenvalue weighted by molar-refractivity contribution is 8.06. The molecule has 0 N–H and O–H groups in total. The van der Waals surface area contributed by atoms with Gasteiger partial charge in [0.15, 0.2) is 0 Å². The summed E-state index contributed by atoms with van der Waals surface area (Å²) in [7, 11) is 2.86. The molecule has 0 aliphatic carbocycles. The van der Waals surface area contributed by atoms with Crippen LogP contribution in [0.2, 0.25) is 5.02 Å². The Morgan fingerprint density at radius 1 is 1.26 bits per heavy atom. The van der Waals surface area contributed by atoms with Gasteiger partial charge in [-0.1, -0.05) is 23.4 Å². The maximum absolute atomic E-state index is 12.2. The summed E-state index contributed by atoms with van der Waals surface area (Å²) >= 11 is 7.56. The summed E-state index contributed by atoms with van der Waals surface area (Å²) in [6, 6.07) is 7.45. The predicted molar refractivity (Wildman–Crippen MR) is 91.5 cm³/mol. The lowest BCUT2D eigenvalue weighted by atomic mass is 10.1. The van der Waals surface area contributed by atoms with Crippen LogP contribution >= 0.6 is 23.4 Å². The highest BCUT2D eigenvalue weighted by Gasteiger charge is 2.39. The quantitative estimate of drug-likeness (QED) is 0.470. The van der Waals surface area contributed by atoms with E-state index in [4.69, 9.17) is 21.1 Å². The monoisotopic (exact) mass is 350 g/mol. The second-order valence-electron chi connectivity index (χ2n) is 4.84. The van der Waals surface area contributed by atoms with Gasteiger partial charge in [0.1, 0.15) is 11.7 Å². The topological polar surface area (TPSA) is 42.0 Å². The van der Waals surface area contributed by atoms with Crippen molar-refractivity contribution >= 4 is 35.0 Å². The smallest absolute Gasteiger partial charge is 0.340 e. The molecule has 0 fully saturated rings. The average molecular weight is 351 g/mol. The summed E-state index contributed by atoms with van der Waals surface area (Å²) in [5, 5.41) is 3.66. The van der Waals surface area contributed by atoms with Crippen LogP contribution in [0.3, 0.4) is 0 Å². The van der Waals surface area contributed by atoms with Gasteiger partial charge in [-0.05, 0) is 29.7 Å². The third-order valence-electron chi connectivity index (χ3n) is 3.51. The van der Waals surface area contributed by atoms with Gasteiger partial charge in [-0.15, -0.1) is 0 Å². The second kappa shape index (κ2) is 6.60. The maximum atomic E-state index is 12.2. The molecule has 1 aromatic carbocycles. The Morgan fingerprint density at radius 3 is 2.65 bits per heavy atom. The van der Waals surface area contributed by atoms with E-state index in [2.05, 4.69) is 0 Å². The number of benzene rings is 1. The molecular weight excluding hydrogens is 336 g/mol. The fraction of sp³-hybridized carbons (Fsp3) is 0.188. The molecule has 3 rings (SSSR count). The molecule has 0 aromatic heterocycles. The standard InChI is InChI=1S/C16H15ClN2O3S/c1-21-10-13(16(20)22-2)15-18-7-8-23-14(18)9-19(15)12-5-3-11(17)4-6-12/h3-10,15H,1-2H3. The number of anilines is 1. The summed E-state index contributed by atoms with van der Waals surface area (Å²) in [5.41, 5.74) is 1.32. The molecule has 5 nitrogen and oxygen atoms in total. The fourth-order valence-electron chi connectivity index (χ4n) is 2.51.